The van der Waals surface area contributed by atoms with Gasteiger partial charge in [-0.15, -0.1) is 0 Å². The Morgan fingerprint density at radius 2 is 1.95 bits per heavy atom. The molecule has 4 heteroatoms. The third-order valence-corrected chi connectivity index (χ3v) is 3.16. The van der Waals surface area contributed by atoms with Crippen LogP contribution in [-0.2, 0) is 4.74 Å². The second-order valence-corrected chi connectivity index (χ2v) is 4.66. The van der Waals surface area contributed by atoms with Gasteiger partial charge in [0.05, 0.1) is 12.1 Å². The number of nitrogens with one attached hydrogen (secondary N) is 1. The van der Waals surface area contributed by atoms with Crippen LogP contribution in [-0.4, -0.2) is 19.8 Å². The number of halogens is 2. The molecule has 0 aliphatic rings. The summed E-state index contributed by atoms with van der Waals surface area (Å²) in [6, 6.07) is 3.24. The van der Waals surface area contributed by atoms with Crippen LogP contribution in [0.15, 0.2) is 18.2 Å². The van der Waals surface area contributed by atoms with Crippen LogP contribution in [0.25, 0.3) is 0 Å². The minimum absolute atomic E-state index is 0.159. The fraction of sp³-hybridized carbons (Fsp3) is 0.600. The summed E-state index contributed by atoms with van der Waals surface area (Å²) in [5, 5.41) is 3.26. The summed E-state index contributed by atoms with van der Waals surface area (Å²) in [4.78, 5) is 0. The normalized spacial score (nSPS) is 14.4. The van der Waals surface area contributed by atoms with Gasteiger partial charge in [0.15, 0.2) is 0 Å². The third-order valence-electron chi connectivity index (χ3n) is 3.16. The lowest BCUT2D eigenvalue weighted by Gasteiger charge is -2.27. The van der Waals surface area contributed by atoms with E-state index in [0.717, 1.165) is 31.9 Å². The molecule has 0 heterocycles. The molecule has 2 unspecified atom stereocenters. The number of methoxy groups -OCH3 is 1. The van der Waals surface area contributed by atoms with Crippen molar-refractivity contribution >= 4 is 0 Å². The zero-order valence-electron chi connectivity index (χ0n) is 11.9. The first kappa shape index (κ1) is 16.1. The predicted octanol–water partition coefficient (Wildman–Crippen LogP) is 3.82. The summed E-state index contributed by atoms with van der Waals surface area (Å²) in [7, 11) is 1.61. The Balaban J connectivity index is 3.03. The van der Waals surface area contributed by atoms with Gasteiger partial charge in [-0.25, -0.2) is 8.78 Å². The first-order valence-corrected chi connectivity index (χ1v) is 6.85. The first-order valence-electron chi connectivity index (χ1n) is 6.85. The number of ether oxygens (including phenoxy) is 1. The Bertz CT molecular complexity index is 384. The van der Waals surface area contributed by atoms with Crippen molar-refractivity contribution in [3.63, 3.8) is 0 Å². The van der Waals surface area contributed by atoms with Crippen molar-refractivity contribution in [3.8, 4) is 0 Å². The lowest BCUT2D eigenvalue weighted by molar-refractivity contribution is 0.0594. The Morgan fingerprint density at radius 3 is 2.53 bits per heavy atom. The van der Waals surface area contributed by atoms with Gasteiger partial charge in [-0.05, 0) is 37.6 Å². The lowest BCUT2D eigenvalue weighted by Crippen LogP contribution is -2.34. The molecule has 0 saturated carbocycles. The van der Waals surface area contributed by atoms with Gasteiger partial charge in [-0.1, -0.05) is 20.3 Å². The smallest absolute Gasteiger partial charge is 0.128 e. The van der Waals surface area contributed by atoms with Gasteiger partial charge in [-0.3, -0.25) is 0 Å². The highest BCUT2D eigenvalue weighted by Gasteiger charge is 2.24. The van der Waals surface area contributed by atoms with Gasteiger partial charge >= 0.3 is 0 Å². The van der Waals surface area contributed by atoms with Gasteiger partial charge in [0.2, 0.25) is 0 Å². The summed E-state index contributed by atoms with van der Waals surface area (Å²) in [6.45, 7) is 4.82. The summed E-state index contributed by atoms with van der Waals surface area (Å²) in [6.07, 6.45) is 2.50. The maximum absolute atomic E-state index is 13.9. The molecule has 0 fully saturated rings. The molecule has 108 valence electrons. The Labute approximate surface area is 114 Å². The Hall–Kier alpha value is -1.00. The molecule has 19 heavy (non-hydrogen) atoms. The van der Waals surface area contributed by atoms with Crippen LogP contribution in [0.5, 0.6) is 0 Å². The highest BCUT2D eigenvalue weighted by molar-refractivity contribution is 5.23. The molecular weight excluding hydrogens is 248 g/mol. The van der Waals surface area contributed by atoms with Gasteiger partial charge in [0.1, 0.15) is 11.6 Å². The third kappa shape index (κ3) is 4.55. The number of hydrogen-bond donors (Lipinski definition) is 1. The van der Waals surface area contributed by atoms with Crippen molar-refractivity contribution in [2.45, 2.75) is 45.3 Å². The molecule has 0 aliphatic carbocycles. The Kier molecular flexibility index (Phi) is 6.95. The average Bonchev–Trinajstić information content (AvgIpc) is 2.41. The molecule has 1 N–H and O–H groups in total. The fourth-order valence-corrected chi connectivity index (χ4v) is 2.20. The van der Waals surface area contributed by atoms with Crippen molar-refractivity contribution in [2.75, 3.05) is 13.7 Å². The van der Waals surface area contributed by atoms with Crippen LogP contribution in [0.1, 0.15) is 44.7 Å². The second kappa shape index (κ2) is 8.23. The molecule has 0 bridgehead atoms. The highest BCUT2D eigenvalue weighted by atomic mass is 19.1. The van der Waals surface area contributed by atoms with Crippen LogP contribution < -0.4 is 5.32 Å². The van der Waals surface area contributed by atoms with E-state index < -0.39 is 11.6 Å². The van der Waals surface area contributed by atoms with Crippen molar-refractivity contribution in [2.24, 2.45) is 0 Å². The van der Waals surface area contributed by atoms with E-state index in [9.17, 15) is 8.78 Å². The van der Waals surface area contributed by atoms with Crippen molar-refractivity contribution in [3.05, 3.63) is 35.4 Å². The summed E-state index contributed by atoms with van der Waals surface area (Å²) in [5.74, 6) is -0.820. The van der Waals surface area contributed by atoms with Crippen molar-refractivity contribution in [1.82, 2.24) is 5.32 Å². The van der Waals surface area contributed by atoms with Gasteiger partial charge in [0, 0.05) is 12.7 Å². The van der Waals surface area contributed by atoms with E-state index in [2.05, 4.69) is 5.32 Å². The van der Waals surface area contributed by atoms with Gasteiger partial charge in [0.25, 0.3) is 0 Å². The van der Waals surface area contributed by atoms with Crippen molar-refractivity contribution < 1.29 is 13.5 Å². The van der Waals surface area contributed by atoms with E-state index in [1.807, 2.05) is 13.8 Å². The van der Waals surface area contributed by atoms with E-state index >= 15 is 0 Å². The molecule has 1 aromatic rings. The summed E-state index contributed by atoms with van der Waals surface area (Å²) >= 11 is 0. The molecule has 0 spiro atoms. The van der Waals surface area contributed by atoms with Gasteiger partial charge < -0.3 is 10.1 Å². The predicted molar refractivity (Wildman–Crippen MR) is 73.1 cm³/mol. The molecule has 0 aliphatic heterocycles. The molecule has 0 radical (unpaired) electrons. The topological polar surface area (TPSA) is 21.3 Å². The molecule has 0 aromatic heterocycles. The van der Waals surface area contributed by atoms with Crippen LogP contribution in [0.4, 0.5) is 8.78 Å². The second-order valence-electron chi connectivity index (χ2n) is 4.66. The van der Waals surface area contributed by atoms with E-state index in [1.165, 1.54) is 12.1 Å². The molecule has 1 aromatic carbocycles. The molecular formula is C15H23F2NO. The average molecular weight is 271 g/mol. The van der Waals surface area contributed by atoms with Crippen LogP contribution >= 0.6 is 0 Å². The maximum Gasteiger partial charge on any atom is 0.128 e. The zero-order valence-corrected chi connectivity index (χ0v) is 11.9. The zero-order chi connectivity index (χ0) is 14.3. The number of hydrogen-bond acceptors (Lipinski definition) is 2. The van der Waals surface area contributed by atoms with Crippen LogP contribution in [0.2, 0.25) is 0 Å². The van der Waals surface area contributed by atoms with Gasteiger partial charge in [-0.2, -0.15) is 0 Å². The van der Waals surface area contributed by atoms with Crippen LogP contribution in [0.3, 0.4) is 0 Å². The first-order chi connectivity index (χ1) is 9.13. The number of rotatable bonds is 8. The monoisotopic (exact) mass is 271 g/mol. The minimum Gasteiger partial charge on any atom is -0.379 e. The minimum atomic E-state index is -0.425. The molecule has 2 nitrogen and oxygen atoms in total. The molecule has 0 saturated heterocycles. The molecule has 1 rings (SSSR count). The van der Waals surface area contributed by atoms with E-state index in [-0.39, 0.29) is 12.1 Å². The largest absolute Gasteiger partial charge is 0.379 e. The maximum atomic E-state index is 13.9. The fourth-order valence-electron chi connectivity index (χ4n) is 2.20. The highest BCUT2D eigenvalue weighted by Crippen LogP contribution is 2.25. The van der Waals surface area contributed by atoms with E-state index in [1.54, 1.807) is 7.11 Å². The van der Waals surface area contributed by atoms with E-state index in [4.69, 9.17) is 4.74 Å². The summed E-state index contributed by atoms with van der Waals surface area (Å²) in [5.41, 5.74) is 0.341. The molecule has 2 atom stereocenters. The Morgan fingerprint density at radius 1 is 1.21 bits per heavy atom. The summed E-state index contributed by atoms with van der Waals surface area (Å²) < 4.78 is 32.7. The van der Waals surface area contributed by atoms with E-state index in [0.29, 0.717) is 5.56 Å². The SMILES string of the molecule is CCCNC(c1cc(F)ccc1F)C(CCC)OC. The van der Waals surface area contributed by atoms with Crippen molar-refractivity contribution in [1.29, 1.82) is 0 Å². The molecule has 0 amide bonds. The lowest BCUT2D eigenvalue weighted by atomic mass is 9.97. The van der Waals surface area contributed by atoms with Crippen LogP contribution in [0, 0.1) is 11.6 Å². The standard InChI is InChI=1S/C15H23F2NO/c1-4-6-14(19-3)15(18-9-5-2)12-10-11(16)7-8-13(12)17/h7-8,10,14-15,18H,4-6,9H2,1-3H3. The quantitative estimate of drug-likeness (QED) is 0.776. The number of benzene rings is 1.